The second kappa shape index (κ2) is 18.8. The molecule has 14 nitrogen and oxygen atoms in total. The number of hydrogen-bond acceptors (Lipinski definition) is 10. The van der Waals surface area contributed by atoms with Gasteiger partial charge in [0.1, 0.15) is 11.8 Å². The summed E-state index contributed by atoms with van der Waals surface area (Å²) < 4.78 is 5.65. The van der Waals surface area contributed by atoms with Crippen molar-refractivity contribution in [2.45, 2.75) is 70.3 Å². The number of ether oxygens (including phenoxy) is 1. The second-order valence-electron chi connectivity index (χ2n) is 13.9. The molecule has 4 aromatic rings. The molecule has 1 atom stereocenters. The molecule has 0 saturated carbocycles. The molecule has 2 aliphatic rings. The Morgan fingerprint density at radius 1 is 0.839 bits per heavy atom. The minimum Gasteiger partial charge on any atom is -0.483 e. The monoisotopic (exact) mass is 761 g/mol. The Morgan fingerprint density at radius 3 is 2.30 bits per heavy atom. The van der Waals surface area contributed by atoms with Gasteiger partial charge in [0.25, 0.3) is 23.6 Å². The maximum absolute atomic E-state index is 13.2. The molecule has 1 saturated heterocycles. The number of benzene rings is 3. The Labute approximate surface area is 325 Å². The van der Waals surface area contributed by atoms with Crippen LogP contribution in [0.2, 0.25) is 0 Å². The summed E-state index contributed by atoms with van der Waals surface area (Å²) in [7, 11) is 1.61. The first-order valence-electron chi connectivity index (χ1n) is 19.2. The highest BCUT2D eigenvalue weighted by atomic mass is 16.5. The molecule has 3 aromatic carbocycles. The van der Waals surface area contributed by atoms with Crippen LogP contribution in [0.15, 0.2) is 72.9 Å². The minimum atomic E-state index is -1.08. The molecule has 5 N–H and O–H groups in total. The summed E-state index contributed by atoms with van der Waals surface area (Å²) >= 11 is 0. The maximum Gasteiger partial charge on any atom is 0.266 e. The number of para-hydroxylation sites is 1. The number of hydrogen-bond donors (Lipinski definition) is 5. The van der Waals surface area contributed by atoms with Gasteiger partial charge in [-0.1, -0.05) is 62.8 Å². The van der Waals surface area contributed by atoms with E-state index in [0.717, 1.165) is 85.1 Å². The van der Waals surface area contributed by atoms with Crippen molar-refractivity contribution in [1.29, 1.82) is 0 Å². The first kappa shape index (κ1) is 39.4. The molecule has 0 bridgehead atoms. The van der Waals surface area contributed by atoms with E-state index in [1.807, 2.05) is 48.5 Å². The molecule has 1 unspecified atom stereocenters. The van der Waals surface area contributed by atoms with Gasteiger partial charge >= 0.3 is 0 Å². The van der Waals surface area contributed by atoms with Crippen molar-refractivity contribution in [2.75, 3.05) is 37.4 Å². The molecular weight excluding hydrogens is 715 g/mol. The van der Waals surface area contributed by atoms with E-state index >= 15 is 0 Å². The maximum atomic E-state index is 13.2. The van der Waals surface area contributed by atoms with Crippen molar-refractivity contribution in [3.63, 3.8) is 0 Å². The van der Waals surface area contributed by atoms with Gasteiger partial charge < -0.3 is 26.0 Å². The average molecular weight is 762 g/mol. The van der Waals surface area contributed by atoms with Crippen molar-refractivity contribution in [3.8, 4) is 5.75 Å². The van der Waals surface area contributed by atoms with Gasteiger partial charge in [0.2, 0.25) is 11.8 Å². The number of amides is 6. The number of unbranched alkanes of at least 4 members (excludes halogenated alkanes) is 7. The molecule has 3 heterocycles. The Balaban J connectivity index is 0.846. The number of rotatable bonds is 19. The summed E-state index contributed by atoms with van der Waals surface area (Å²) in [6, 6.07) is 19.2. The normalized spacial score (nSPS) is 15.0. The molecule has 6 rings (SSSR count). The third kappa shape index (κ3) is 9.49. The minimum absolute atomic E-state index is 0.0126. The van der Waals surface area contributed by atoms with E-state index in [1.165, 1.54) is 12.1 Å². The number of pyridine rings is 1. The predicted molar refractivity (Wildman–Crippen MR) is 212 cm³/mol. The lowest BCUT2D eigenvalue weighted by Gasteiger charge is -2.27. The zero-order valence-corrected chi connectivity index (χ0v) is 31.5. The van der Waals surface area contributed by atoms with Crippen LogP contribution in [0.1, 0.15) is 95.3 Å². The Bertz CT molecular complexity index is 2110. The van der Waals surface area contributed by atoms with Crippen LogP contribution in [0.4, 0.5) is 17.1 Å². The quantitative estimate of drug-likeness (QED) is 0.0606. The first-order chi connectivity index (χ1) is 27.2. The van der Waals surface area contributed by atoms with Crippen LogP contribution >= 0.6 is 0 Å². The van der Waals surface area contributed by atoms with Gasteiger partial charge in [0.15, 0.2) is 6.61 Å². The molecule has 1 aromatic heterocycles. The SMILES string of the molecule is CNC(=O)c1cnc2ccc(NCCCCCCCCCCNC(=O)COc3cccc4c3C(=O)N(C3CCC(=O)NC3=O)C4=O)cc2c1Nc1ccccc1. The predicted octanol–water partition coefficient (Wildman–Crippen LogP) is 5.47. The highest BCUT2D eigenvalue weighted by molar-refractivity contribution is 6.24. The third-order valence-electron chi connectivity index (χ3n) is 9.93. The van der Waals surface area contributed by atoms with Crippen molar-refractivity contribution < 1.29 is 33.5 Å². The molecule has 6 amide bonds. The van der Waals surface area contributed by atoms with Gasteiger partial charge in [0.05, 0.1) is 27.9 Å². The van der Waals surface area contributed by atoms with Gasteiger partial charge in [-0.05, 0) is 61.7 Å². The molecule has 0 radical (unpaired) electrons. The summed E-state index contributed by atoms with van der Waals surface area (Å²) in [4.78, 5) is 80.6. The average Bonchev–Trinajstić information content (AvgIpc) is 3.46. The largest absolute Gasteiger partial charge is 0.483 e. The van der Waals surface area contributed by atoms with Crippen LogP contribution in [0.5, 0.6) is 5.75 Å². The van der Waals surface area contributed by atoms with Crippen LogP contribution in [-0.2, 0) is 14.4 Å². The molecule has 292 valence electrons. The number of anilines is 3. The van der Waals surface area contributed by atoms with E-state index in [0.29, 0.717) is 17.8 Å². The number of nitrogens with zero attached hydrogens (tertiary/aromatic N) is 2. The lowest BCUT2D eigenvalue weighted by Crippen LogP contribution is -2.54. The van der Waals surface area contributed by atoms with Gasteiger partial charge in [-0.3, -0.25) is 44.0 Å². The number of aromatic nitrogens is 1. The van der Waals surface area contributed by atoms with Crippen molar-refractivity contribution in [2.24, 2.45) is 0 Å². The highest BCUT2D eigenvalue weighted by Gasteiger charge is 2.46. The fourth-order valence-electron chi connectivity index (χ4n) is 6.98. The smallest absolute Gasteiger partial charge is 0.266 e. The molecular formula is C42H47N7O7. The van der Waals surface area contributed by atoms with Crippen LogP contribution < -0.4 is 31.3 Å². The van der Waals surface area contributed by atoms with Crippen molar-refractivity contribution >= 4 is 63.4 Å². The molecule has 14 heteroatoms. The number of fused-ring (bicyclic) bond motifs is 2. The lowest BCUT2D eigenvalue weighted by molar-refractivity contribution is -0.136. The van der Waals surface area contributed by atoms with Gasteiger partial charge in [-0.2, -0.15) is 0 Å². The van der Waals surface area contributed by atoms with Crippen molar-refractivity contribution in [1.82, 2.24) is 25.8 Å². The van der Waals surface area contributed by atoms with Crippen LogP contribution in [0, 0.1) is 0 Å². The van der Waals surface area contributed by atoms with E-state index in [2.05, 4.69) is 31.6 Å². The number of carbonyl (C=O) groups excluding carboxylic acids is 6. The summed E-state index contributed by atoms with van der Waals surface area (Å²) in [6.07, 6.45) is 10.1. The van der Waals surface area contributed by atoms with E-state index in [-0.39, 0.29) is 48.1 Å². The number of imide groups is 2. The third-order valence-corrected chi connectivity index (χ3v) is 9.93. The van der Waals surface area contributed by atoms with Crippen LogP contribution in [0.25, 0.3) is 10.9 Å². The topological polar surface area (TPSA) is 188 Å². The van der Waals surface area contributed by atoms with E-state index in [4.69, 9.17) is 4.74 Å². The first-order valence-corrected chi connectivity index (χ1v) is 19.2. The standard InChI is InChI=1S/C42H47N7O7/c1-43-39(52)31-25-46-32-19-18-28(24-30(32)38(31)47-27-14-9-8-10-15-27)44-22-11-6-4-2-3-5-7-12-23-45-36(51)26-56-34-17-13-16-29-37(34)42(55)49(41(29)54)33-20-21-35(50)48-40(33)53/h8-10,13-19,24-25,33,44H,2-7,11-12,20-23,26H2,1H3,(H,43,52)(H,45,51)(H,46,47)(H,48,50,53). The lowest BCUT2D eigenvalue weighted by atomic mass is 10.0. The fourth-order valence-corrected chi connectivity index (χ4v) is 6.98. The summed E-state index contributed by atoms with van der Waals surface area (Å²) in [5.41, 5.74) is 3.95. The summed E-state index contributed by atoms with van der Waals surface area (Å²) in [5.74, 6) is -2.90. The summed E-state index contributed by atoms with van der Waals surface area (Å²) in [5, 5.41) is 15.5. The van der Waals surface area contributed by atoms with E-state index < -0.39 is 29.7 Å². The zero-order chi connectivity index (χ0) is 39.4. The Kier molecular flexibility index (Phi) is 13.2. The van der Waals surface area contributed by atoms with E-state index in [9.17, 15) is 28.8 Å². The van der Waals surface area contributed by atoms with Gasteiger partial charge in [0, 0.05) is 49.5 Å². The molecule has 0 spiro atoms. The van der Waals surface area contributed by atoms with Crippen LogP contribution in [-0.4, -0.2) is 78.1 Å². The second-order valence-corrected chi connectivity index (χ2v) is 13.9. The zero-order valence-electron chi connectivity index (χ0n) is 31.5. The Morgan fingerprint density at radius 2 is 1.57 bits per heavy atom. The van der Waals surface area contributed by atoms with E-state index in [1.54, 1.807) is 19.3 Å². The number of nitrogens with one attached hydrogen (secondary N) is 5. The number of piperidine rings is 1. The number of carbonyl (C=O) groups is 6. The van der Waals surface area contributed by atoms with Crippen LogP contribution in [0.3, 0.4) is 0 Å². The Hall–Kier alpha value is -6.31. The molecule has 56 heavy (non-hydrogen) atoms. The van der Waals surface area contributed by atoms with Crippen molar-refractivity contribution in [3.05, 3.63) is 89.6 Å². The molecule has 1 fully saturated rings. The summed E-state index contributed by atoms with van der Waals surface area (Å²) in [6.45, 7) is 1.01. The molecule has 2 aliphatic heterocycles. The van der Waals surface area contributed by atoms with Gasteiger partial charge in [-0.25, -0.2) is 0 Å². The van der Waals surface area contributed by atoms with Gasteiger partial charge in [-0.15, -0.1) is 0 Å². The highest BCUT2D eigenvalue weighted by Crippen LogP contribution is 2.34. The fraction of sp³-hybridized carbons (Fsp3) is 0.357. The molecule has 0 aliphatic carbocycles.